The van der Waals surface area contributed by atoms with Crippen LogP contribution in [0.2, 0.25) is 0 Å². The first-order valence-corrected chi connectivity index (χ1v) is 11.5. The Morgan fingerprint density at radius 3 is 2.61 bits per heavy atom. The van der Waals surface area contributed by atoms with Crippen LogP contribution in [0.15, 0.2) is 23.3 Å². The number of ether oxygens (including phenoxy) is 3. The molecule has 0 saturated heterocycles. The number of fused-ring (bicyclic) bond motifs is 1. The topological polar surface area (TPSA) is 115 Å². The third kappa shape index (κ3) is 5.89. The fraction of sp³-hybridized carbons (Fsp3) is 0.391. The average Bonchev–Trinajstić information content (AvgIpc) is 2.99. The minimum absolute atomic E-state index is 0.222. The number of carbonyl (C=O) groups excluding carboxylic acids is 3. The lowest BCUT2D eigenvalue weighted by molar-refractivity contribution is -0.136. The average molecular weight is 474 g/mol. The van der Waals surface area contributed by atoms with E-state index in [0.717, 1.165) is 42.5 Å². The first-order valence-electron chi connectivity index (χ1n) is 10.7. The van der Waals surface area contributed by atoms with Gasteiger partial charge in [-0.3, -0.25) is 9.59 Å². The van der Waals surface area contributed by atoms with E-state index in [1.54, 1.807) is 25.1 Å². The zero-order valence-electron chi connectivity index (χ0n) is 18.9. The molecule has 33 heavy (non-hydrogen) atoms. The molecule has 0 aliphatic heterocycles. The van der Waals surface area contributed by atoms with Crippen LogP contribution in [0.4, 0.5) is 5.00 Å². The number of benzene rings is 1. The molecular formula is C23H27N3O6S. The number of aryl methyl sites for hydroxylation is 1. The summed E-state index contributed by atoms with van der Waals surface area (Å²) in [6, 6.07) is 5.11. The third-order valence-corrected chi connectivity index (χ3v) is 6.35. The molecule has 2 aromatic rings. The molecule has 1 aliphatic carbocycles. The second-order valence-corrected chi connectivity index (χ2v) is 8.36. The summed E-state index contributed by atoms with van der Waals surface area (Å²) in [5.74, 6) is -1.27. The molecule has 9 nitrogen and oxygen atoms in total. The van der Waals surface area contributed by atoms with Gasteiger partial charge in [0, 0.05) is 10.4 Å². The highest BCUT2D eigenvalue weighted by Gasteiger charge is 2.27. The highest BCUT2D eigenvalue weighted by molar-refractivity contribution is 7.17. The first kappa shape index (κ1) is 24.2. The Labute approximate surface area is 196 Å². The van der Waals surface area contributed by atoms with Crippen molar-refractivity contribution in [2.75, 3.05) is 26.1 Å². The monoisotopic (exact) mass is 473 g/mol. The van der Waals surface area contributed by atoms with Crippen LogP contribution >= 0.6 is 11.3 Å². The van der Waals surface area contributed by atoms with Gasteiger partial charge in [0.1, 0.15) is 16.5 Å². The second kappa shape index (κ2) is 11.5. The number of anilines is 1. The molecule has 1 aromatic heterocycles. The van der Waals surface area contributed by atoms with Crippen molar-refractivity contribution < 1.29 is 28.6 Å². The second-order valence-electron chi connectivity index (χ2n) is 7.25. The Hall–Kier alpha value is -3.40. The van der Waals surface area contributed by atoms with Crippen LogP contribution in [0.25, 0.3) is 0 Å². The van der Waals surface area contributed by atoms with Crippen molar-refractivity contribution in [3.05, 3.63) is 39.8 Å². The molecule has 0 atom stereocenters. The van der Waals surface area contributed by atoms with Crippen molar-refractivity contribution in [1.29, 1.82) is 0 Å². The van der Waals surface area contributed by atoms with Gasteiger partial charge < -0.3 is 19.5 Å². The van der Waals surface area contributed by atoms with Crippen LogP contribution in [0, 0.1) is 0 Å². The fourth-order valence-electron chi connectivity index (χ4n) is 3.56. The molecule has 1 heterocycles. The highest BCUT2D eigenvalue weighted by Crippen LogP contribution is 2.38. The quantitative estimate of drug-likeness (QED) is 0.210. The number of nitrogens with zero attached hydrogens (tertiary/aromatic N) is 1. The van der Waals surface area contributed by atoms with E-state index in [2.05, 4.69) is 15.8 Å². The summed E-state index contributed by atoms with van der Waals surface area (Å²) in [5, 5.41) is 6.74. The Morgan fingerprint density at radius 2 is 1.88 bits per heavy atom. The Balaban J connectivity index is 1.73. The van der Waals surface area contributed by atoms with Crippen LogP contribution in [0.3, 0.4) is 0 Å². The van der Waals surface area contributed by atoms with E-state index in [-0.39, 0.29) is 6.61 Å². The third-order valence-electron chi connectivity index (χ3n) is 5.14. The van der Waals surface area contributed by atoms with E-state index in [4.69, 9.17) is 14.2 Å². The molecule has 0 saturated carbocycles. The summed E-state index contributed by atoms with van der Waals surface area (Å²) in [6.45, 7) is 1.95. The van der Waals surface area contributed by atoms with Crippen LogP contribution in [-0.2, 0) is 27.2 Å². The lowest BCUT2D eigenvalue weighted by Crippen LogP contribution is -2.32. The summed E-state index contributed by atoms with van der Waals surface area (Å²) in [6.07, 6.45) is 6.00. The molecule has 0 radical (unpaired) electrons. The summed E-state index contributed by atoms with van der Waals surface area (Å²) in [5.41, 5.74) is 4.02. The van der Waals surface area contributed by atoms with E-state index in [1.807, 2.05) is 0 Å². The van der Waals surface area contributed by atoms with Gasteiger partial charge in [0.2, 0.25) is 0 Å². The molecule has 2 N–H and O–H groups in total. The van der Waals surface area contributed by atoms with E-state index >= 15 is 0 Å². The Kier molecular flexibility index (Phi) is 8.42. The van der Waals surface area contributed by atoms with Crippen LogP contribution in [0.5, 0.6) is 11.5 Å². The van der Waals surface area contributed by atoms with Crippen LogP contribution in [0.1, 0.15) is 52.5 Å². The molecule has 1 aromatic carbocycles. The van der Waals surface area contributed by atoms with Gasteiger partial charge >= 0.3 is 17.8 Å². The van der Waals surface area contributed by atoms with Gasteiger partial charge in [0.25, 0.3) is 0 Å². The predicted molar refractivity (Wildman–Crippen MR) is 125 cm³/mol. The number of hydrogen-bond acceptors (Lipinski definition) is 8. The molecule has 0 spiro atoms. The lowest BCUT2D eigenvalue weighted by atomic mass is 10.1. The number of methoxy groups -OCH3 is 2. The van der Waals surface area contributed by atoms with Crippen molar-refractivity contribution >= 4 is 40.3 Å². The van der Waals surface area contributed by atoms with Gasteiger partial charge in [0.05, 0.1) is 32.6 Å². The zero-order chi connectivity index (χ0) is 23.8. The summed E-state index contributed by atoms with van der Waals surface area (Å²) in [7, 11) is 3.04. The molecule has 3 rings (SSSR count). The maximum atomic E-state index is 12.6. The number of esters is 1. The largest absolute Gasteiger partial charge is 0.497 e. The smallest absolute Gasteiger partial charge is 0.341 e. The maximum absolute atomic E-state index is 12.6. The van der Waals surface area contributed by atoms with Gasteiger partial charge in [-0.25, -0.2) is 10.2 Å². The standard InChI is InChI=1S/C23H27N3O6S/c1-4-32-23(29)19-16-8-6-5-7-9-18(16)33-22(19)25-20(27)21(28)26-24-13-14-12-15(30-2)10-11-17(14)31-3/h10-13H,4-9H2,1-3H3,(H,25,27)(H,26,28)/b24-13+. The van der Waals surface area contributed by atoms with Crippen molar-refractivity contribution in [2.24, 2.45) is 5.10 Å². The van der Waals surface area contributed by atoms with Crippen molar-refractivity contribution in [2.45, 2.75) is 39.0 Å². The number of rotatable bonds is 7. The lowest BCUT2D eigenvalue weighted by Gasteiger charge is -2.08. The summed E-state index contributed by atoms with van der Waals surface area (Å²) >= 11 is 1.32. The zero-order valence-corrected chi connectivity index (χ0v) is 19.7. The van der Waals surface area contributed by atoms with Gasteiger partial charge in [0.15, 0.2) is 0 Å². The van der Waals surface area contributed by atoms with Gasteiger partial charge in [-0.2, -0.15) is 5.10 Å². The molecule has 2 amide bonds. The van der Waals surface area contributed by atoms with Crippen molar-refractivity contribution in [1.82, 2.24) is 5.43 Å². The van der Waals surface area contributed by atoms with Crippen LogP contribution in [-0.4, -0.2) is 44.8 Å². The summed E-state index contributed by atoms with van der Waals surface area (Å²) < 4.78 is 15.6. The molecule has 1 aliphatic rings. The molecular weight excluding hydrogens is 446 g/mol. The molecule has 0 bridgehead atoms. The van der Waals surface area contributed by atoms with E-state index in [1.165, 1.54) is 31.8 Å². The van der Waals surface area contributed by atoms with Gasteiger partial charge in [-0.15, -0.1) is 11.3 Å². The first-order chi connectivity index (χ1) is 16.0. The van der Waals surface area contributed by atoms with E-state index in [9.17, 15) is 14.4 Å². The summed E-state index contributed by atoms with van der Waals surface area (Å²) in [4.78, 5) is 38.5. The number of thiophene rings is 1. The van der Waals surface area contributed by atoms with Crippen molar-refractivity contribution in [3.63, 3.8) is 0 Å². The number of amides is 2. The molecule has 10 heteroatoms. The minimum atomic E-state index is -0.966. The van der Waals surface area contributed by atoms with Crippen molar-refractivity contribution in [3.8, 4) is 11.5 Å². The molecule has 0 unspecified atom stereocenters. The number of hydrazone groups is 1. The molecule has 176 valence electrons. The van der Waals surface area contributed by atoms with E-state index in [0.29, 0.717) is 27.6 Å². The fourth-order valence-corrected chi connectivity index (χ4v) is 4.83. The van der Waals surface area contributed by atoms with E-state index < -0.39 is 17.8 Å². The Bertz CT molecular complexity index is 1060. The molecule has 0 fully saturated rings. The normalized spacial score (nSPS) is 13.1. The number of nitrogens with one attached hydrogen (secondary N) is 2. The maximum Gasteiger partial charge on any atom is 0.341 e. The van der Waals surface area contributed by atoms with Crippen LogP contribution < -0.4 is 20.2 Å². The Morgan fingerprint density at radius 1 is 1.09 bits per heavy atom. The predicted octanol–water partition coefficient (Wildman–Crippen LogP) is 3.30. The minimum Gasteiger partial charge on any atom is -0.497 e. The number of hydrogen-bond donors (Lipinski definition) is 2. The van der Waals surface area contributed by atoms with Gasteiger partial charge in [-0.05, 0) is 56.4 Å². The number of carbonyl (C=O) groups is 3. The highest BCUT2D eigenvalue weighted by atomic mass is 32.1. The van der Waals surface area contributed by atoms with Gasteiger partial charge in [-0.1, -0.05) is 6.42 Å². The SMILES string of the molecule is CCOC(=O)c1c(NC(=O)C(=O)N/N=C/c2cc(OC)ccc2OC)sc2c1CCCCC2.